The zero-order valence-corrected chi connectivity index (χ0v) is 14.2. The van der Waals surface area contributed by atoms with Crippen molar-refractivity contribution in [2.45, 2.75) is 25.7 Å². The van der Waals surface area contributed by atoms with Crippen LogP contribution in [0.15, 0.2) is 30.6 Å². The standard InChI is InChI=1S/C18H25N3O2/c1-4-20-10-5-6-14(13-20)18-19-9-11-21(18)16-12-15(22-2)7-8-17(16)23-3/h7-9,11-12,14H,4-6,10,13H2,1-3H3/t14-/m1/s1. The summed E-state index contributed by atoms with van der Waals surface area (Å²) in [5.74, 6) is 3.21. The van der Waals surface area contributed by atoms with Gasteiger partial charge in [-0.2, -0.15) is 0 Å². The van der Waals surface area contributed by atoms with E-state index in [1.54, 1.807) is 14.2 Å². The monoisotopic (exact) mass is 315 g/mol. The van der Waals surface area contributed by atoms with Gasteiger partial charge < -0.3 is 14.4 Å². The average Bonchev–Trinajstić information content (AvgIpc) is 3.10. The van der Waals surface area contributed by atoms with Crippen molar-refractivity contribution >= 4 is 0 Å². The number of likely N-dealkylation sites (tertiary alicyclic amines) is 1. The highest BCUT2D eigenvalue weighted by Crippen LogP contribution is 2.32. The molecule has 2 aromatic rings. The topological polar surface area (TPSA) is 39.5 Å². The van der Waals surface area contributed by atoms with Crippen molar-refractivity contribution in [1.82, 2.24) is 14.5 Å². The third-order valence-electron chi connectivity index (χ3n) is 4.63. The number of methoxy groups -OCH3 is 2. The van der Waals surface area contributed by atoms with E-state index in [4.69, 9.17) is 9.47 Å². The van der Waals surface area contributed by atoms with E-state index in [9.17, 15) is 0 Å². The Balaban J connectivity index is 1.97. The van der Waals surface area contributed by atoms with Crippen molar-refractivity contribution in [1.29, 1.82) is 0 Å². The Morgan fingerprint density at radius 3 is 2.87 bits per heavy atom. The van der Waals surface area contributed by atoms with E-state index in [-0.39, 0.29) is 0 Å². The Hall–Kier alpha value is -2.01. The number of nitrogens with zero attached hydrogens (tertiary/aromatic N) is 3. The number of benzene rings is 1. The second-order valence-corrected chi connectivity index (χ2v) is 5.93. The van der Waals surface area contributed by atoms with Gasteiger partial charge in [-0.05, 0) is 38.1 Å². The maximum Gasteiger partial charge on any atom is 0.143 e. The molecule has 0 saturated carbocycles. The summed E-state index contributed by atoms with van der Waals surface area (Å²) in [6.45, 7) is 5.58. The predicted molar refractivity (Wildman–Crippen MR) is 90.8 cm³/mol. The lowest BCUT2D eigenvalue weighted by molar-refractivity contribution is 0.213. The van der Waals surface area contributed by atoms with E-state index in [0.29, 0.717) is 5.92 Å². The van der Waals surface area contributed by atoms with Gasteiger partial charge in [0, 0.05) is 30.9 Å². The SMILES string of the molecule is CCN1CCC[C@@H](c2nccn2-c2cc(OC)ccc2OC)C1. The fraction of sp³-hybridized carbons (Fsp3) is 0.500. The molecule has 5 nitrogen and oxygen atoms in total. The lowest BCUT2D eigenvalue weighted by Gasteiger charge is -2.31. The first-order valence-electron chi connectivity index (χ1n) is 8.24. The molecule has 3 rings (SSSR count). The minimum absolute atomic E-state index is 0.453. The second-order valence-electron chi connectivity index (χ2n) is 5.93. The molecule has 1 aliphatic heterocycles. The normalized spacial score (nSPS) is 18.8. The molecule has 1 atom stereocenters. The molecule has 1 saturated heterocycles. The summed E-state index contributed by atoms with van der Waals surface area (Å²) in [6.07, 6.45) is 6.29. The van der Waals surface area contributed by atoms with E-state index in [2.05, 4.69) is 21.4 Å². The molecule has 0 amide bonds. The van der Waals surface area contributed by atoms with Crippen molar-refractivity contribution in [3.8, 4) is 17.2 Å². The van der Waals surface area contributed by atoms with E-state index in [1.165, 1.54) is 19.4 Å². The Morgan fingerprint density at radius 1 is 1.26 bits per heavy atom. The van der Waals surface area contributed by atoms with Gasteiger partial charge in [0.1, 0.15) is 17.3 Å². The molecule has 0 aliphatic carbocycles. The molecule has 1 aromatic carbocycles. The Kier molecular flexibility index (Phi) is 4.86. The molecular weight excluding hydrogens is 290 g/mol. The van der Waals surface area contributed by atoms with Crippen molar-refractivity contribution < 1.29 is 9.47 Å². The van der Waals surface area contributed by atoms with Gasteiger partial charge in [-0.15, -0.1) is 0 Å². The van der Waals surface area contributed by atoms with E-state index in [1.807, 2.05) is 30.6 Å². The molecule has 1 aliphatic rings. The molecule has 23 heavy (non-hydrogen) atoms. The molecule has 0 bridgehead atoms. The molecule has 124 valence electrons. The highest BCUT2D eigenvalue weighted by atomic mass is 16.5. The summed E-state index contributed by atoms with van der Waals surface area (Å²) in [7, 11) is 3.38. The van der Waals surface area contributed by atoms with Gasteiger partial charge in [-0.1, -0.05) is 6.92 Å². The molecule has 0 radical (unpaired) electrons. The number of piperidine rings is 1. The smallest absolute Gasteiger partial charge is 0.143 e. The van der Waals surface area contributed by atoms with Crippen LogP contribution in [0, 0.1) is 0 Å². The Labute approximate surface area is 137 Å². The van der Waals surface area contributed by atoms with Crippen LogP contribution in [-0.2, 0) is 0 Å². The zero-order valence-electron chi connectivity index (χ0n) is 14.2. The maximum atomic E-state index is 5.54. The summed E-state index contributed by atoms with van der Waals surface area (Å²) < 4.78 is 13.1. The van der Waals surface area contributed by atoms with Gasteiger partial charge in [0.15, 0.2) is 0 Å². The molecule has 0 N–H and O–H groups in total. The van der Waals surface area contributed by atoms with Gasteiger partial charge in [0.25, 0.3) is 0 Å². The van der Waals surface area contributed by atoms with E-state index >= 15 is 0 Å². The van der Waals surface area contributed by atoms with Crippen LogP contribution in [0.3, 0.4) is 0 Å². The summed E-state index contributed by atoms with van der Waals surface area (Å²) in [5, 5.41) is 0. The van der Waals surface area contributed by atoms with Gasteiger partial charge in [-0.3, -0.25) is 4.57 Å². The van der Waals surface area contributed by atoms with Crippen LogP contribution in [-0.4, -0.2) is 48.3 Å². The summed E-state index contributed by atoms with van der Waals surface area (Å²) >= 11 is 0. The Bertz CT molecular complexity index is 653. The van der Waals surface area contributed by atoms with Crippen LogP contribution >= 0.6 is 0 Å². The highest BCUT2D eigenvalue weighted by Gasteiger charge is 2.25. The highest BCUT2D eigenvalue weighted by molar-refractivity contribution is 5.52. The largest absolute Gasteiger partial charge is 0.497 e. The third-order valence-corrected chi connectivity index (χ3v) is 4.63. The van der Waals surface area contributed by atoms with Crippen LogP contribution in [0.2, 0.25) is 0 Å². The van der Waals surface area contributed by atoms with Gasteiger partial charge >= 0.3 is 0 Å². The number of hydrogen-bond acceptors (Lipinski definition) is 4. The third kappa shape index (κ3) is 3.20. The molecule has 1 fully saturated rings. The fourth-order valence-corrected chi connectivity index (χ4v) is 3.36. The maximum absolute atomic E-state index is 5.54. The Morgan fingerprint density at radius 2 is 2.13 bits per heavy atom. The van der Waals surface area contributed by atoms with E-state index < -0.39 is 0 Å². The van der Waals surface area contributed by atoms with Crippen LogP contribution in [0.1, 0.15) is 31.5 Å². The lowest BCUT2D eigenvalue weighted by Crippen LogP contribution is -2.35. The number of rotatable bonds is 5. The van der Waals surface area contributed by atoms with Gasteiger partial charge in [0.2, 0.25) is 0 Å². The van der Waals surface area contributed by atoms with Crippen LogP contribution < -0.4 is 9.47 Å². The molecule has 2 heterocycles. The first-order valence-corrected chi connectivity index (χ1v) is 8.24. The second kappa shape index (κ2) is 7.04. The average molecular weight is 315 g/mol. The number of aromatic nitrogens is 2. The minimum atomic E-state index is 0.453. The lowest BCUT2D eigenvalue weighted by atomic mass is 9.97. The molecule has 0 unspecified atom stereocenters. The molecular formula is C18H25N3O2. The predicted octanol–water partition coefficient (Wildman–Crippen LogP) is 3.09. The van der Waals surface area contributed by atoms with Crippen LogP contribution in [0.4, 0.5) is 0 Å². The molecule has 5 heteroatoms. The van der Waals surface area contributed by atoms with E-state index in [0.717, 1.165) is 36.1 Å². The number of likely N-dealkylation sites (N-methyl/N-ethyl adjacent to an activating group) is 1. The summed E-state index contributed by atoms with van der Waals surface area (Å²) in [4.78, 5) is 7.15. The first-order chi connectivity index (χ1) is 11.3. The first kappa shape index (κ1) is 15.9. The quantitative estimate of drug-likeness (QED) is 0.850. The zero-order chi connectivity index (χ0) is 16.2. The van der Waals surface area contributed by atoms with Crippen LogP contribution in [0.5, 0.6) is 11.5 Å². The fourth-order valence-electron chi connectivity index (χ4n) is 3.36. The number of ether oxygens (including phenoxy) is 2. The number of imidazole rings is 1. The minimum Gasteiger partial charge on any atom is -0.497 e. The van der Waals surface area contributed by atoms with Crippen molar-refractivity contribution in [2.75, 3.05) is 33.9 Å². The summed E-state index contributed by atoms with van der Waals surface area (Å²) in [6, 6.07) is 5.86. The van der Waals surface area contributed by atoms with Gasteiger partial charge in [0.05, 0.1) is 19.9 Å². The van der Waals surface area contributed by atoms with Crippen LogP contribution in [0.25, 0.3) is 5.69 Å². The van der Waals surface area contributed by atoms with Crippen molar-refractivity contribution in [2.24, 2.45) is 0 Å². The number of hydrogen-bond donors (Lipinski definition) is 0. The molecule has 0 spiro atoms. The molecule has 1 aromatic heterocycles. The van der Waals surface area contributed by atoms with Crippen molar-refractivity contribution in [3.05, 3.63) is 36.4 Å². The van der Waals surface area contributed by atoms with Gasteiger partial charge in [-0.25, -0.2) is 4.98 Å². The summed E-state index contributed by atoms with van der Waals surface area (Å²) in [5.41, 5.74) is 0.980. The van der Waals surface area contributed by atoms with Crippen molar-refractivity contribution in [3.63, 3.8) is 0 Å².